The van der Waals surface area contributed by atoms with Crippen LogP contribution in [0.15, 0.2) is 60.7 Å². The van der Waals surface area contributed by atoms with E-state index in [4.69, 9.17) is 19.9 Å². The third-order valence-electron chi connectivity index (χ3n) is 6.78. The Kier molecular flexibility index (Phi) is 9.06. The van der Waals surface area contributed by atoms with Crippen molar-refractivity contribution in [3.8, 4) is 11.5 Å². The molecule has 2 atom stereocenters. The molecule has 9 heteroatoms. The van der Waals surface area contributed by atoms with Gasteiger partial charge < -0.3 is 35.5 Å². The topological polar surface area (TPSA) is 115 Å². The average Bonchev–Trinajstić information content (AvgIpc) is 2.96. The van der Waals surface area contributed by atoms with E-state index in [2.05, 4.69) is 29.4 Å². The predicted molar refractivity (Wildman–Crippen MR) is 152 cm³/mol. The highest BCUT2D eigenvalue weighted by Crippen LogP contribution is 2.33. The van der Waals surface area contributed by atoms with Gasteiger partial charge in [-0.3, -0.25) is 9.59 Å². The van der Waals surface area contributed by atoms with Crippen LogP contribution in [0.1, 0.15) is 45.7 Å². The van der Waals surface area contributed by atoms with Gasteiger partial charge in [-0.2, -0.15) is 0 Å². The minimum atomic E-state index is -0.332. The highest BCUT2D eigenvalue weighted by atomic mass is 16.5. The Bertz CT molecular complexity index is 1320. The van der Waals surface area contributed by atoms with Crippen LogP contribution in [0.3, 0.4) is 0 Å². The first-order chi connectivity index (χ1) is 18.8. The second-order valence-electron chi connectivity index (χ2n) is 9.61. The molecular weight excluding hydrogens is 496 g/mol. The van der Waals surface area contributed by atoms with Gasteiger partial charge in [-0.25, -0.2) is 0 Å². The maximum Gasteiger partial charge on any atom is 0.255 e. The van der Waals surface area contributed by atoms with E-state index in [-0.39, 0.29) is 23.9 Å². The van der Waals surface area contributed by atoms with E-state index in [1.807, 2.05) is 30.3 Å². The minimum absolute atomic E-state index is 0.0833. The third kappa shape index (κ3) is 6.50. The molecule has 2 amide bonds. The van der Waals surface area contributed by atoms with Crippen LogP contribution >= 0.6 is 0 Å². The number of nitrogens with zero attached hydrogens (tertiary/aromatic N) is 1. The number of nitrogens with one attached hydrogen (secondary N) is 2. The fourth-order valence-corrected chi connectivity index (χ4v) is 4.80. The summed E-state index contributed by atoms with van der Waals surface area (Å²) in [5.41, 5.74) is 9.89. The molecule has 3 aromatic carbocycles. The lowest BCUT2D eigenvalue weighted by molar-refractivity contribution is 0.0757. The van der Waals surface area contributed by atoms with Crippen LogP contribution in [0.5, 0.6) is 11.5 Å². The van der Waals surface area contributed by atoms with Crippen molar-refractivity contribution >= 4 is 23.2 Å². The van der Waals surface area contributed by atoms with Crippen molar-refractivity contribution in [2.45, 2.75) is 39.0 Å². The van der Waals surface area contributed by atoms with Crippen molar-refractivity contribution < 1.29 is 23.8 Å². The first-order valence-electron chi connectivity index (χ1n) is 12.9. The third-order valence-corrected chi connectivity index (χ3v) is 6.78. The molecule has 4 N–H and O–H groups in total. The summed E-state index contributed by atoms with van der Waals surface area (Å²) in [4.78, 5) is 28.7. The molecule has 206 valence electrons. The van der Waals surface area contributed by atoms with Crippen molar-refractivity contribution in [3.05, 3.63) is 82.9 Å². The molecule has 4 rings (SSSR count). The van der Waals surface area contributed by atoms with Crippen molar-refractivity contribution in [1.29, 1.82) is 0 Å². The van der Waals surface area contributed by atoms with Gasteiger partial charge >= 0.3 is 0 Å². The van der Waals surface area contributed by atoms with Crippen molar-refractivity contribution in [2.24, 2.45) is 5.73 Å². The molecule has 9 nitrogen and oxygen atoms in total. The van der Waals surface area contributed by atoms with Crippen LogP contribution < -0.4 is 30.7 Å². The zero-order chi connectivity index (χ0) is 27.9. The first kappa shape index (κ1) is 27.9. The minimum Gasteiger partial charge on any atom is -0.493 e. The number of anilines is 2. The van der Waals surface area contributed by atoms with E-state index in [0.29, 0.717) is 54.6 Å². The van der Waals surface area contributed by atoms with Gasteiger partial charge in [-0.1, -0.05) is 24.3 Å². The Morgan fingerprint density at radius 1 is 0.897 bits per heavy atom. The highest BCUT2D eigenvalue weighted by Gasteiger charge is 2.28. The van der Waals surface area contributed by atoms with Crippen LogP contribution in [0.2, 0.25) is 0 Å². The van der Waals surface area contributed by atoms with Gasteiger partial charge in [0.2, 0.25) is 0 Å². The number of morpholine rings is 1. The molecule has 0 saturated carbocycles. The molecule has 1 heterocycles. The van der Waals surface area contributed by atoms with Crippen LogP contribution in [0.4, 0.5) is 11.4 Å². The van der Waals surface area contributed by atoms with Gasteiger partial charge in [0.1, 0.15) is 0 Å². The van der Waals surface area contributed by atoms with E-state index in [1.165, 1.54) is 7.11 Å². The molecule has 0 bridgehead atoms. The summed E-state index contributed by atoms with van der Waals surface area (Å²) in [6.07, 6.45) is 0. The maximum atomic E-state index is 13.4. The fourth-order valence-electron chi connectivity index (χ4n) is 4.80. The zero-order valence-corrected chi connectivity index (χ0v) is 22.8. The highest BCUT2D eigenvalue weighted by molar-refractivity contribution is 6.07. The quantitative estimate of drug-likeness (QED) is 0.382. The molecule has 1 saturated heterocycles. The molecule has 2 unspecified atom stereocenters. The standard InChI is InChI=1S/C30H36N4O5/c1-19-17-39-18-20(2)34(19)26-10-8-23(29(35)32-16-22-7-5-6-21(12-22)15-31)13-25(26)33-30(36)24-9-11-27(37-3)28(14-24)38-4/h5-14,19-20H,15-18,31H2,1-4H3,(H,32,35)(H,33,36). The van der Waals surface area contributed by atoms with E-state index in [1.54, 1.807) is 37.4 Å². The molecule has 1 aliphatic heterocycles. The Hall–Kier alpha value is -4.08. The van der Waals surface area contributed by atoms with Crippen LogP contribution in [0.25, 0.3) is 0 Å². The summed E-state index contributed by atoms with van der Waals surface area (Å²) in [5, 5.41) is 5.99. The molecule has 39 heavy (non-hydrogen) atoms. The molecular formula is C30H36N4O5. The van der Waals surface area contributed by atoms with Crippen molar-refractivity contribution in [3.63, 3.8) is 0 Å². The number of rotatable bonds is 9. The SMILES string of the molecule is COc1ccc(C(=O)Nc2cc(C(=O)NCc3cccc(CN)c3)ccc2N2C(C)COCC2C)cc1OC. The monoisotopic (exact) mass is 532 g/mol. The van der Waals surface area contributed by atoms with Crippen LogP contribution in [-0.4, -0.2) is 51.3 Å². The molecule has 3 aromatic rings. The second kappa shape index (κ2) is 12.6. The number of benzene rings is 3. The molecule has 0 spiro atoms. The lowest BCUT2D eigenvalue weighted by Crippen LogP contribution is -2.50. The van der Waals surface area contributed by atoms with Gasteiger partial charge in [0.15, 0.2) is 11.5 Å². The average molecular weight is 533 g/mol. The van der Waals surface area contributed by atoms with Crippen LogP contribution in [-0.2, 0) is 17.8 Å². The molecule has 0 aromatic heterocycles. The van der Waals surface area contributed by atoms with E-state index < -0.39 is 0 Å². The number of carbonyl (C=O) groups is 2. The number of amides is 2. The Balaban J connectivity index is 1.63. The smallest absolute Gasteiger partial charge is 0.255 e. The van der Waals surface area contributed by atoms with Crippen molar-refractivity contribution in [1.82, 2.24) is 5.32 Å². The number of ether oxygens (including phenoxy) is 3. The summed E-state index contributed by atoms with van der Waals surface area (Å²) >= 11 is 0. The Labute approximate surface area is 229 Å². The summed E-state index contributed by atoms with van der Waals surface area (Å²) in [7, 11) is 3.06. The van der Waals surface area contributed by atoms with Crippen molar-refractivity contribution in [2.75, 3.05) is 37.7 Å². The summed E-state index contributed by atoms with van der Waals surface area (Å²) in [6.45, 7) is 6.08. The summed E-state index contributed by atoms with van der Waals surface area (Å²) < 4.78 is 16.4. The molecule has 0 aliphatic carbocycles. The second-order valence-corrected chi connectivity index (χ2v) is 9.61. The Morgan fingerprint density at radius 3 is 2.26 bits per heavy atom. The fraction of sp³-hybridized carbons (Fsp3) is 0.333. The van der Waals surface area contributed by atoms with Crippen LogP contribution in [0, 0.1) is 0 Å². The summed E-state index contributed by atoms with van der Waals surface area (Å²) in [5.74, 6) is 0.403. The number of nitrogens with two attached hydrogens (primary N) is 1. The summed E-state index contributed by atoms with van der Waals surface area (Å²) in [6, 6.07) is 18.3. The van der Waals surface area contributed by atoms with E-state index >= 15 is 0 Å². The zero-order valence-electron chi connectivity index (χ0n) is 22.8. The van der Waals surface area contributed by atoms with Gasteiger partial charge in [0.25, 0.3) is 11.8 Å². The molecule has 0 radical (unpaired) electrons. The molecule has 1 aliphatic rings. The van der Waals surface area contributed by atoms with E-state index in [9.17, 15) is 9.59 Å². The number of hydrogen-bond acceptors (Lipinski definition) is 7. The van der Waals surface area contributed by atoms with Gasteiger partial charge in [0.05, 0.1) is 38.8 Å². The first-order valence-corrected chi connectivity index (χ1v) is 12.9. The van der Waals surface area contributed by atoms with Gasteiger partial charge in [-0.15, -0.1) is 0 Å². The lowest BCUT2D eigenvalue weighted by Gasteiger charge is -2.41. The normalized spacial score (nSPS) is 16.9. The lowest BCUT2D eigenvalue weighted by atomic mass is 10.1. The molecule has 1 fully saturated rings. The maximum absolute atomic E-state index is 13.4. The Morgan fingerprint density at radius 2 is 1.56 bits per heavy atom. The predicted octanol–water partition coefficient (Wildman–Crippen LogP) is 3.96. The number of carbonyl (C=O) groups excluding carboxylic acids is 2. The number of hydrogen-bond donors (Lipinski definition) is 3. The number of methoxy groups -OCH3 is 2. The van der Waals surface area contributed by atoms with Gasteiger partial charge in [0, 0.05) is 36.3 Å². The van der Waals surface area contributed by atoms with Gasteiger partial charge in [-0.05, 0) is 61.4 Å². The largest absolute Gasteiger partial charge is 0.493 e. The van der Waals surface area contributed by atoms with E-state index in [0.717, 1.165) is 16.8 Å².